The number of halogens is 2. The van der Waals surface area contributed by atoms with Crippen molar-refractivity contribution in [3.8, 4) is 0 Å². The van der Waals surface area contributed by atoms with Crippen LogP contribution >= 0.6 is 23.2 Å². The Morgan fingerprint density at radius 3 is 2.05 bits per heavy atom. The molecule has 4 nitrogen and oxygen atoms in total. The summed E-state index contributed by atoms with van der Waals surface area (Å²) in [4.78, 5) is 8.27. The molecule has 0 radical (unpaired) electrons. The van der Waals surface area contributed by atoms with Crippen LogP contribution < -0.4 is 0 Å². The van der Waals surface area contributed by atoms with Crippen molar-refractivity contribution in [3.05, 3.63) is 21.7 Å². The van der Waals surface area contributed by atoms with E-state index in [4.69, 9.17) is 23.2 Å². The summed E-state index contributed by atoms with van der Waals surface area (Å²) in [5.74, 6) is 0.460. The molecule has 0 saturated heterocycles. The molecule has 1 aliphatic rings. The molecule has 1 atom stereocenters. The van der Waals surface area contributed by atoms with Gasteiger partial charge in [0.25, 0.3) is 0 Å². The van der Waals surface area contributed by atoms with Crippen LogP contribution in [0.4, 0.5) is 0 Å². The number of nitrogens with zero attached hydrogens (tertiary/aromatic N) is 2. The van der Waals surface area contributed by atoms with Crippen molar-refractivity contribution in [3.63, 3.8) is 0 Å². The Kier molecular flexibility index (Phi) is 4.38. The molecule has 0 spiro atoms. The van der Waals surface area contributed by atoms with Crippen LogP contribution in [-0.2, 0) is 9.84 Å². The number of hydrogen-bond acceptors (Lipinski definition) is 4. The summed E-state index contributed by atoms with van der Waals surface area (Å²) < 4.78 is 23.1. The summed E-state index contributed by atoms with van der Waals surface area (Å²) >= 11 is 12.4. The Morgan fingerprint density at radius 2 is 1.63 bits per heavy atom. The average molecular weight is 323 g/mol. The van der Waals surface area contributed by atoms with Gasteiger partial charge in [0.05, 0.1) is 0 Å². The minimum atomic E-state index is -3.26. The zero-order chi connectivity index (χ0) is 14.2. The third-order valence-corrected chi connectivity index (χ3v) is 5.71. The van der Waals surface area contributed by atoms with Gasteiger partial charge in [-0.15, -0.1) is 0 Å². The third kappa shape index (κ3) is 3.20. The molecule has 1 heterocycles. The van der Waals surface area contributed by atoms with Crippen LogP contribution in [0.15, 0.2) is 0 Å². The van der Waals surface area contributed by atoms with Crippen LogP contribution in [0, 0.1) is 0 Å². The number of rotatable bonds is 3. The van der Waals surface area contributed by atoms with E-state index in [-0.39, 0.29) is 16.1 Å². The van der Waals surface area contributed by atoms with Crippen molar-refractivity contribution in [2.24, 2.45) is 0 Å². The van der Waals surface area contributed by atoms with Crippen molar-refractivity contribution in [2.45, 2.75) is 43.8 Å². The van der Waals surface area contributed by atoms with Gasteiger partial charge in [-0.3, -0.25) is 0 Å². The maximum Gasteiger partial charge on any atom is 0.157 e. The molecule has 106 valence electrons. The van der Waals surface area contributed by atoms with E-state index >= 15 is 0 Å². The van der Waals surface area contributed by atoms with E-state index in [1.54, 1.807) is 0 Å². The van der Waals surface area contributed by atoms with Gasteiger partial charge in [-0.2, -0.15) is 0 Å². The fraction of sp³-hybridized carbons (Fsp3) is 0.667. The Bertz CT molecular complexity index is 560. The van der Waals surface area contributed by atoms with Crippen LogP contribution in [0.3, 0.4) is 0 Å². The lowest BCUT2D eigenvalue weighted by molar-refractivity contribution is 0.588. The zero-order valence-electron chi connectivity index (χ0n) is 10.9. The van der Waals surface area contributed by atoms with E-state index in [0.29, 0.717) is 5.92 Å². The lowest BCUT2D eigenvalue weighted by atomic mass is 10.0. The van der Waals surface area contributed by atoms with E-state index in [0.717, 1.165) is 37.5 Å². The molecule has 1 aromatic rings. The first-order chi connectivity index (χ1) is 8.80. The van der Waals surface area contributed by atoms with Gasteiger partial charge in [-0.25, -0.2) is 18.4 Å². The van der Waals surface area contributed by atoms with Crippen molar-refractivity contribution in [2.75, 3.05) is 6.26 Å². The summed E-state index contributed by atoms with van der Waals surface area (Å²) in [6, 6.07) is 0. The second kappa shape index (κ2) is 5.54. The topological polar surface area (TPSA) is 59.9 Å². The molecule has 0 aliphatic heterocycles. The highest BCUT2D eigenvalue weighted by Crippen LogP contribution is 2.40. The van der Waals surface area contributed by atoms with Crippen LogP contribution in [-0.4, -0.2) is 24.6 Å². The molecule has 19 heavy (non-hydrogen) atoms. The first-order valence-electron chi connectivity index (χ1n) is 6.22. The van der Waals surface area contributed by atoms with Crippen molar-refractivity contribution in [1.82, 2.24) is 9.97 Å². The molecule has 0 aromatic carbocycles. The van der Waals surface area contributed by atoms with E-state index in [1.807, 2.05) is 0 Å². The lowest BCUT2D eigenvalue weighted by Crippen LogP contribution is -2.13. The van der Waals surface area contributed by atoms with E-state index in [9.17, 15) is 8.42 Å². The Balaban J connectivity index is 2.42. The summed E-state index contributed by atoms with van der Waals surface area (Å²) in [6.45, 7) is 1.53. The molecule has 7 heteroatoms. The van der Waals surface area contributed by atoms with Gasteiger partial charge in [0.2, 0.25) is 0 Å². The summed E-state index contributed by atoms with van der Waals surface area (Å²) in [7, 11) is -3.26. The summed E-state index contributed by atoms with van der Waals surface area (Å²) in [6.07, 6.45) is 5.51. The molecular weight excluding hydrogens is 307 g/mol. The molecule has 0 bridgehead atoms. The predicted octanol–water partition coefficient (Wildman–Crippen LogP) is 3.55. The molecule has 1 unspecified atom stereocenters. The molecule has 0 N–H and O–H groups in total. The standard InChI is InChI=1S/C12H16Cl2N2O2S/c1-7(19(2,17)18)12-15-10(13)9(11(14)16-12)8-5-3-4-6-8/h7-8H,3-6H2,1-2H3. The lowest BCUT2D eigenvalue weighted by Gasteiger charge is -2.15. The second-order valence-corrected chi connectivity index (χ2v) is 8.11. The Labute approximate surface area is 123 Å². The minimum Gasteiger partial charge on any atom is -0.228 e. The second-order valence-electron chi connectivity index (χ2n) is 5.03. The Morgan fingerprint density at radius 1 is 1.16 bits per heavy atom. The molecule has 0 amide bonds. The predicted molar refractivity (Wildman–Crippen MR) is 76.5 cm³/mol. The average Bonchev–Trinajstić information content (AvgIpc) is 2.79. The minimum absolute atomic E-state index is 0.166. The molecule has 1 saturated carbocycles. The van der Waals surface area contributed by atoms with E-state index in [1.165, 1.54) is 6.92 Å². The van der Waals surface area contributed by atoms with Crippen molar-refractivity contribution < 1.29 is 8.42 Å². The van der Waals surface area contributed by atoms with Gasteiger partial charge in [0, 0.05) is 11.8 Å². The van der Waals surface area contributed by atoms with Gasteiger partial charge in [-0.1, -0.05) is 36.0 Å². The largest absolute Gasteiger partial charge is 0.228 e. The SMILES string of the molecule is CC(c1nc(Cl)c(C2CCCC2)c(Cl)n1)S(C)(=O)=O. The quantitative estimate of drug-likeness (QED) is 0.798. The smallest absolute Gasteiger partial charge is 0.157 e. The first kappa shape index (κ1) is 15.0. The number of sulfone groups is 1. The van der Waals surface area contributed by atoms with E-state index in [2.05, 4.69) is 9.97 Å². The summed E-state index contributed by atoms with van der Waals surface area (Å²) in [5.41, 5.74) is 0.769. The fourth-order valence-corrected chi connectivity index (χ4v) is 3.55. The Hall–Kier alpha value is -0.390. The monoisotopic (exact) mass is 322 g/mol. The van der Waals surface area contributed by atoms with Crippen molar-refractivity contribution in [1.29, 1.82) is 0 Å². The fourth-order valence-electron chi connectivity index (χ4n) is 2.36. The maximum absolute atomic E-state index is 11.5. The third-order valence-electron chi connectivity index (χ3n) is 3.64. The van der Waals surface area contributed by atoms with Crippen LogP contribution in [0.2, 0.25) is 10.3 Å². The van der Waals surface area contributed by atoms with Gasteiger partial charge >= 0.3 is 0 Å². The molecular formula is C12H16Cl2N2O2S. The van der Waals surface area contributed by atoms with Crippen LogP contribution in [0.25, 0.3) is 0 Å². The number of aromatic nitrogens is 2. The molecule has 1 aliphatic carbocycles. The van der Waals surface area contributed by atoms with Gasteiger partial charge in [-0.05, 0) is 25.7 Å². The van der Waals surface area contributed by atoms with Gasteiger partial charge < -0.3 is 0 Å². The van der Waals surface area contributed by atoms with Crippen LogP contribution in [0.1, 0.15) is 55.2 Å². The molecule has 1 aromatic heterocycles. The maximum atomic E-state index is 11.5. The van der Waals surface area contributed by atoms with Crippen LogP contribution in [0.5, 0.6) is 0 Å². The normalized spacial score (nSPS) is 18.7. The van der Waals surface area contributed by atoms with Gasteiger partial charge in [0.1, 0.15) is 21.4 Å². The van der Waals surface area contributed by atoms with E-state index < -0.39 is 15.1 Å². The molecule has 2 rings (SSSR count). The highest BCUT2D eigenvalue weighted by atomic mass is 35.5. The highest BCUT2D eigenvalue weighted by Gasteiger charge is 2.27. The van der Waals surface area contributed by atoms with Crippen molar-refractivity contribution >= 4 is 33.0 Å². The highest BCUT2D eigenvalue weighted by molar-refractivity contribution is 7.90. The number of hydrogen-bond donors (Lipinski definition) is 0. The molecule has 1 fully saturated rings. The first-order valence-corrected chi connectivity index (χ1v) is 8.93. The van der Waals surface area contributed by atoms with Gasteiger partial charge in [0.15, 0.2) is 9.84 Å². The zero-order valence-corrected chi connectivity index (χ0v) is 13.2. The summed E-state index contributed by atoms with van der Waals surface area (Å²) in [5, 5.41) is -0.227.